The number of rotatable bonds is 4. The number of hydrogen-bond donors (Lipinski definition) is 2. The maximum atomic E-state index is 13.3. The lowest BCUT2D eigenvalue weighted by Crippen LogP contribution is -2.38. The summed E-state index contributed by atoms with van der Waals surface area (Å²) in [5, 5.41) is 0. The monoisotopic (exact) mass is 250 g/mol. The predicted octanol–water partition coefficient (Wildman–Crippen LogP) is 3.55. The minimum absolute atomic E-state index is 0.0750. The summed E-state index contributed by atoms with van der Waals surface area (Å²) < 4.78 is 13.3. The SMILES string of the molecule is CCC1CCCCC1C(NN)c1cccc(F)c1. The van der Waals surface area contributed by atoms with E-state index < -0.39 is 0 Å². The molecule has 1 aromatic rings. The molecule has 3 N–H and O–H groups in total. The molecule has 1 aliphatic carbocycles. The van der Waals surface area contributed by atoms with Crippen LogP contribution in [-0.4, -0.2) is 0 Å². The maximum Gasteiger partial charge on any atom is 0.123 e. The van der Waals surface area contributed by atoms with E-state index in [2.05, 4.69) is 12.3 Å². The molecule has 2 rings (SSSR count). The van der Waals surface area contributed by atoms with Gasteiger partial charge in [-0.2, -0.15) is 0 Å². The second kappa shape index (κ2) is 6.30. The fraction of sp³-hybridized carbons (Fsp3) is 0.600. The summed E-state index contributed by atoms with van der Waals surface area (Å²) in [5.74, 6) is 6.77. The highest BCUT2D eigenvalue weighted by Gasteiger charge is 2.31. The Labute approximate surface area is 109 Å². The average molecular weight is 250 g/mol. The molecule has 0 aromatic heterocycles. The molecule has 100 valence electrons. The van der Waals surface area contributed by atoms with E-state index in [1.807, 2.05) is 6.07 Å². The second-order valence-electron chi connectivity index (χ2n) is 5.32. The molecule has 0 amide bonds. The molecule has 18 heavy (non-hydrogen) atoms. The van der Waals surface area contributed by atoms with Gasteiger partial charge in [0.25, 0.3) is 0 Å². The van der Waals surface area contributed by atoms with Gasteiger partial charge < -0.3 is 0 Å². The Balaban J connectivity index is 2.21. The number of nitrogens with one attached hydrogen (secondary N) is 1. The van der Waals surface area contributed by atoms with E-state index in [-0.39, 0.29) is 11.9 Å². The van der Waals surface area contributed by atoms with Crippen molar-refractivity contribution < 1.29 is 4.39 Å². The summed E-state index contributed by atoms with van der Waals surface area (Å²) >= 11 is 0. The summed E-state index contributed by atoms with van der Waals surface area (Å²) in [7, 11) is 0. The van der Waals surface area contributed by atoms with E-state index >= 15 is 0 Å². The van der Waals surface area contributed by atoms with Gasteiger partial charge in [-0.15, -0.1) is 0 Å². The third kappa shape index (κ3) is 2.90. The molecule has 3 unspecified atom stereocenters. The minimum Gasteiger partial charge on any atom is -0.271 e. The average Bonchev–Trinajstić information content (AvgIpc) is 2.40. The smallest absolute Gasteiger partial charge is 0.123 e. The van der Waals surface area contributed by atoms with Gasteiger partial charge in [0.1, 0.15) is 5.82 Å². The van der Waals surface area contributed by atoms with Gasteiger partial charge in [-0.3, -0.25) is 11.3 Å². The predicted molar refractivity (Wildman–Crippen MR) is 72.2 cm³/mol. The Morgan fingerprint density at radius 1 is 1.39 bits per heavy atom. The van der Waals surface area contributed by atoms with Crippen LogP contribution in [0.3, 0.4) is 0 Å². The Bertz CT molecular complexity index is 381. The molecule has 3 atom stereocenters. The molecule has 0 heterocycles. The molecule has 0 spiro atoms. The van der Waals surface area contributed by atoms with E-state index in [1.54, 1.807) is 12.1 Å². The zero-order chi connectivity index (χ0) is 13.0. The Morgan fingerprint density at radius 2 is 2.17 bits per heavy atom. The van der Waals surface area contributed by atoms with Gasteiger partial charge >= 0.3 is 0 Å². The van der Waals surface area contributed by atoms with Gasteiger partial charge in [0, 0.05) is 6.04 Å². The zero-order valence-corrected chi connectivity index (χ0v) is 11.0. The first-order chi connectivity index (χ1) is 8.76. The number of hydrogen-bond acceptors (Lipinski definition) is 2. The number of hydrazine groups is 1. The Kier molecular flexibility index (Phi) is 4.72. The lowest BCUT2D eigenvalue weighted by molar-refractivity contribution is 0.176. The van der Waals surface area contributed by atoms with Crippen LogP contribution in [0.15, 0.2) is 24.3 Å². The summed E-state index contributed by atoms with van der Waals surface area (Å²) in [6.45, 7) is 2.24. The normalized spacial score (nSPS) is 25.9. The van der Waals surface area contributed by atoms with E-state index in [9.17, 15) is 4.39 Å². The van der Waals surface area contributed by atoms with Gasteiger partial charge in [-0.05, 0) is 36.0 Å². The molecular weight excluding hydrogens is 227 g/mol. The molecular formula is C15H23FN2. The number of nitrogens with two attached hydrogens (primary N) is 1. The van der Waals surface area contributed by atoms with Gasteiger partial charge in [0.15, 0.2) is 0 Å². The lowest BCUT2D eigenvalue weighted by Gasteiger charge is -2.36. The maximum absolute atomic E-state index is 13.3. The minimum atomic E-state index is -0.184. The highest BCUT2D eigenvalue weighted by molar-refractivity contribution is 5.21. The summed E-state index contributed by atoms with van der Waals surface area (Å²) in [4.78, 5) is 0. The molecule has 0 saturated heterocycles. The van der Waals surface area contributed by atoms with E-state index in [1.165, 1.54) is 38.2 Å². The van der Waals surface area contributed by atoms with Gasteiger partial charge in [-0.25, -0.2) is 4.39 Å². The fourth-order valence-corrected chi connectivity index (χ4v) is 3.35. The van der Waals surface area contributed by atoms with E-state index in [0.29, 0.717) is 11.8 Å². The van der Waals surface area contributed by atoms with Crippen LogP contribution < -0.4 is 11.3 Å². The number of benzene rings is 1. The van der Waals surface area contributed by atoms with Crippen molar-refractivity contribution in [2.75, 3.05) is 0 Å². The van der Waals surface area contributed by atoms with Crippen LogP contribution in [-0.2, 0) is 0 Å². The van der Waals surface area contributed by atoms with Crippen LogP contribution in [0.1, 0.15) is 50.6 Å². The molecule has 1 aromatic carbocycles. The van der Waals surface area contributed by atoms with Crippen LogP contribution in [0.4, 0.5) is 4.39 Å². The fourth-order valence-electron chi connectivity index (χ4n) is 3.35. The summed E-state index contributed by atoms with van der Waals surface area (Å²) in [5.41, 5.74) is 3.89. The first-order valence-corrected chi connectivity index (χ1v) is 6.97. The molecule has 0 bridgehead atoms. The summed E-state index contributed by atoms with van der Waals surface area (Å²) in [6.07, 6.45) is 6.21. The molecule has 2 nitrogen and oxygen atoms in total. The molecule has 0 radical (unpaired) electrons. The molecule has 1 fully saturated rings. The third-order valence-corrected chi connectivity index (χ3v) is 4.31. The zero-order valence-electron chi connectivity index (χ0n) is 11.0. The summed E-state index contributed by atoms with van der Waals surface area (Å²) in [6, 6.07) is 6.89. The van der Waals surface area contributed by atoms with Gasteiger partial charge in [-0.1, -0.05) is 44.7 Å². The number of halogens is 1. The van der Waals surface area contributed by atoms with Crippen LogP contribution in [0.25, 0.3) is 0 Å². The van der Waals surface area contributed by atoms with Crippen molar-refractivity contribution in [1.29, 1.82) is 0 Å². The standard InChI is InChI=1S/C15H23FN2/c1-2-11-6-3-4-9-14(11)15(18-17)12-7-5-8-13(16)10-12/h5,7-8,10-11,14-15,18H,2-4,6,9,17H2,1H3. The molecule has 3 heteroatoms. The van der Waals surface area contributed by atoms with E-state index in [0.717, 1.165) is 5.56 Å². The molecule has 0 aliphatic heterocycles. The quantitative estimate of drug-likeness (QED) is 0.633. The molecule has 1 aliphatic rings. The largest absolute Gasteiger partial charge is 0.271 e. The van der Waals surface area contributed by atoms with Crippen molar-refractivity contribution in [3.8, 4) is 0 Å². The lowest BCUT2D eigenvalue weighted by atomic mass is 9.72. The van der Waals surface area contributed by atoms with Crippen molar-refractivity contribution in [2.24, 2.45) is 17.7 Å². The van der Waals surface area contributed by atoms with E-state index in [4.69, 9.17) is 5.84 Å². The second-order valence-corrected chi connectivity index (χ2v) is 5.32. The topological polar surface area (TPSA) is 38.0 Å². The van der Waals surface area contributed by atoms with Crippen LogP contribution >= 0.6 is 0 Å². The van der Waals surface area contributed by atoms with Gasteiger partial charge in [0.2, 0.25) is 0 Å². The third-order valence-electron chi connectivity index (χ3n) is 4.31. The van der Waals surface area contributed by atoms with Crippen LogP contribution in [0, 0.1) is 17.7 Å². The van der Waals surface area contributed by atoms with Crippen LogP contribution in [0.5, 0.6) is 0 Å². The van der Waals surface area contributed by atoms with Crippen molar-refractivity contribution >= 4 is 0 Å². The Morgan fingerprint density at radius 3 is 2.83 bits per heavy atom. The highest BCUT2D eigenvalue weighted by Crippen LogP contribution is 2.39. The molecule has 1 saturated carbocycles. The van der Waals surface area contributed by atoms with Crippen molar-refractivity contribution in [2.45, 2.75) is 45.1 Å². The van der Waals surface area contributed by atoms with Crippen molar-refractivity contribution in [3.05, 3.63) is 35.6 Å². The van der Waals surface area contributed by atoms with Gasteiger partial charge in [0.05, 0.1) is 0 Å². The van der Waals surface area contributed by atoms with Crippen molar-refractivity contribution in [3.63, 3.8) is 0 Å². The highest BCUT2D eigenvalue weighted by atomic mass is 19.1. The van der Waals surface area contributed by atoms with Crippen molar-refractivity contribution in [1.82, 2.24) is 5.43 Å². The van der Waals surface area contributed by atoms with Crippen LogP contribution in [0.2, 0.25) is 0 Å². The first kappa shape index (κ1) is 13.5. The Hall–Kier alpha value is -0.930. The first-order valence-electron chi connectivity index (χ1n) is 6.97.